The van der Waals surface area contributed by atoms with Crippen LogP contribution < -0.4 is 5.32 Å². The molecule has 1 amide bonds. The molecule has 1 atom stereocenters. The number of rotatable bonds is 2. The summed E-state index contributed by atoms with van der Waals surface area (Å²) in [6, 6.07) is 11.8. The van der Waals surface area contributed by atoms with Gasteiger partial charge in [0.15, 0.2) is 0 Å². The second kappa shape index (κ2) is 8.02. The highest BCUT2D eigenvalue weighted by atomic mass is 16.6. The van der Waals surface area contributed by atoms with Crippen LogP contribution in [0.5, 0.6) is 0 Å². The molecule has 0 aliphatic carbocycles. The third kappa shape index (κ3) is 5.18. The molecule has 0 saturated carbocycles. The summed E-state index contributed by atoms with van der Waals surface area (Å²) in [6.07, 6.45) is 2.69. The van der Waals surface area contributed by atoms with Crippen molar-refractivity contribution < 1.29 is 14.3 Å². The summed E-state index contributed by atoms with van der Waals surface area (Å²) in [4.78, 5) is 20.9. The maximum atomic E-state index is 12.1. The number of nitrogens with zero attached hydrogens (tertiary/aromatic N) is 3. The van der Waals surface area contributed by atoms with Gasteiger partial charge in [-0.05, 0) is 51.0 Å². The Morgan fingerprint density at radius 2 is 2.07 bits per heavy atom. The Morgan fingerprint density at radius 3 is 2.79 bits per heavy atom. The Bertz CT molecular complexity index is 988. The number of nitriles is 1. The molecule has 0 bridgehead atoms. The lowest BCUT2D eigenvalue weighted by atomic mass is 9.90. The molecule has 0 spiro atoms. The lowest BCUT2D eigenvalue weighted by Gasteiger charge is -2.31. The monoisotopic (exact) mass is 392 g/mol. The fourth-order valence-electron chi connectivity index (χ4n) is 3.03. The molecule has 0 saturated heterocycles. The van der Waals surface area contributed by atoms with Crippen molar-refractivity contribution in [3.63, 3.8) is 0 Å². The minimum absolute atomic E-state index is 0.211. The van der Waals surface area contributed by atoms with Crippen LogP contribution in [0.1, 0.15) is 38.8 Å². The van der Waals surface area contributed by atoms with Crippen molar-refractivity contribution in [2.24, 2.45) is 4.99 Å². The van der Waals surface area contributed by atoms with Crippen LogP contribution >= 0.6 is 0 Å². The van der Waals surface area contributed by atoms with E-state index >= 15 is 0 Å². The first-order valence-corrected chi connectivity index (χ1v) is 9.31. The van der Waals surface area contributed by atoms with Gasteiger partial charge in [0.25, 0.3) is 0 Å². The van der Waals surface area contributed by atoms with E-state index < -0.39 is 17.2 Å². The fourth-order valence-corrected chi connectivity index (χ4v) is 3.03. The van der Waals surface area contributed by atoms with Crippen molar-refractivity contribution in [3.05, 3.63) is 53.9 Å². The second-order valence-electron chi connectivity index (χ2n) is 8.11. The smallest absolute Gasteiger partial charge is 0.413 e. The Morgan fingerprint density at radius 1 is 1.28 bits per heavy atom. The summed E-state index contributed by atoms with van der Waals surface area (Å²) in [5, 5.41) is 11.8. The first-order valence-electron chi connectivity index (χ1n) is 9.31. The van der Waals surface area contributed by atoms with Gasteiger partial charge in [-0.1, -0.05) is 18.2 Å². The highest BCUT2D eigenvalue weighted by Crippen LogP contribution is 2.31. The number of amides is 1. The zero-order valence-corrected chi connectivity index (χ0v) is 17.0. The predicted octanol–water partition coefficient (Wildman–Crippen LogP) is 3.79. The van der Waals surface area contributed by atoms with Crippen molar-refractivity contribution in [2.45, 2.75) is 38.8 Å². The number of carbonyl (C=O) groups excluding carboxylic acids is 1. The average Bonchev–Trinajstić information content (AvgIpc) is 2.67. The highest BCUT2D eigenvalue weighted by Gasteiger charge is 2.32. The lowest BCUT2D eigenvalue weighted by molar-refractivity contribution is 0.0543. The van der Waals surface area contributed by atoms with Crippen LogP contribution in [-0.4, -0.2) is 35.7 Å². The molecular weight excluding hydrogens is 368 g/mol. The third-order valence-electron chi connectivity index (χ3n) is 4.33. The molecule has 1 aliphatic rings. The largest absolute Gasteiger partial charge is 0.444 e. The number of alkyl carbamates (subject to hydrolysis) is 1. The summed E-state index contributed by atoms with van der Waals surface area (Å²) in [5.41, 5.74) is 1.95. The number of pyridine rings is 1. The van der Waals surface area contributed by atoms with E-state index in [4.69, 9.17) is 19.7 Å². The van der Waals surface area contributed by atoms with Crippen molar-refractivity contribution in [1.29, 1.82) is 5.26 Å². The Kier molecular flexibility index (Phi) is 5.66. The van der Waals surface area contributed by atoms with Crippen molar-refractivity contribution >= 4 is 11.9 Å². The van der Waals surface area contributed by atoms with Gasteiger partial charge in [-0.2, -0.15) is 5.26 Å². The van der Waals surface area contributed by atoms with Crippen molar-refractivity contribution in [1.82, 2.24) is 10.3 Å². The van der Waals surface area contributed by atoms with Crippen LogP contribution in [0.25, 0.3) is 11.1 Å². The molecule has 2 aromatic rings. The standard InChI is InChI=1S/C22H24N4O3/c1-21(2,3)29-20(27)25-19-13-28-14-22(4,26-19)18-7-5-6-16(9-18)17-8-15(10-23)11-24-12-17/h5-9,11-12H,13-14H2,1-4H3,(H,25,26,27). The maximum absolute atomic E-state index is 12.1. The Labute approximate surface area is 170 Å². The Balaban J connectivity index is 1.87. The van der Waals surface area contributed by atoms with E-state index in [1.807, 2.05) is 31.2 Å². The van der Waals surface area contributed by atoms with E-state index in [1.54, 1.807) is 33.0 Å². The average molecular weight is 392 g/mol. The maximum Gasteiger partial charge on any atom is 0.413 e. The summed E-state index contributed by atoms with van der Waals surface area (Å²) in [6.45, 7) is 7.95. The molecule has 150 valence electrons. The van der Waals surface area contributed by atoms with E-state index in [-0.39, 0.29) is 6.61 Å². The molecule has 2 heterocycles. The highest BCUT2D eigenvalue weighted by molar-refractivity contribution is 5.96. The van der Waals surface area contributed by atoms with E-state index in [9.17, 15) is 4.79 Å². The van der Waals surface area contributed by atoms with E-state index in [0.29, 0.717) is 18.0 Å². The first-order chi connectivity index (χ1) is 13.7. The molecule has 3 rings (SSSR count). The second-order valence-corrected chi connectivity index (χ2v) is 8.11. The minimum Gasteiger partial charge on any atom is -0.444 e. The SMILES string of the molecule is CC(C)(C)OC(=O)NC1=NC(C)(c2cccc(-c3cncc(C#N)c3)c2)COC1. The van der Waals surface area contributed by atoms with Gasteiger partial charge in [0.05, 0.1) is 12.2 Å². The molecule has 1 aromatic carbocycles. The number of nitrogens with one attached hydrogen (secondary N) is 1. The number of carbonyl (C=O) groups is 1. The number of ether oxygens (including phenoxy) is 2. The normalized spacial score (nSPS) is 19.1. The van der Waals surface area contributed by atoms with E-state index in [1.165, 1.54) is 6.20 Å². The zero-order chi connectivity index (χ0) is 21.1. The molecule has 1 N–H and O–H groups in total. The predicted molar refractivity (Wildman–Crippen MR) is 109 cm³/mol. The molecule has 0 fully saturated rings. The number of hydrogen-bond acceptors (Lipinski definition) is 6. The lowest BCUT2D eigenvalue weighted by Crippen LogP contribution is -2.44. The third-order valence-corrected chi connectivity index (χ3v) is 4.33. The molecule has 1 unspecified atom stereocenters. The van der Waals surface area contributed by atoms with Crippen molar-refractivity contribution in [3.8, 4) is 17.2 Å². The number of hydrogen-bond donors (Lipinski definition) is 1. The van der Waals surface area contributed by atoms with Gasteiger partial charge in [-0.3, -0.25) is 15.3 Å². The van der Waals surface area contributed by atoms with Crippen LogP contribution in [0, 0.1) is 11.3 Å². The number of benzene rings is 1. The molecule has 1 aliphatic heterocycles. The summed E-state index contributed by atoms with van der Waals surface area (Å²) in [7, 11) is 0. The van der Waals surface area contributed by atoms with Crippen LogP contribution in [0.2, 0.25) is 0 Å². The topological polar surface area (TPSA) is 96.6 Å². The van der Waals surface area contributed by atoms with Gasteiger partial charge in [-0.15, -0.1) is 0 Å². The van der Waals surface area contributed by atoms with Crippen LogP contribution in [-0.2, 0) is 15.0 Å². The van der Waals surface area contributed by atoms with E-state index in [0.717, 1.165) is 16.7 Å². The summed E-state index contributed by atoms with van der Waals surface area (Å²) in [5.74, 6) is 0.423. The van der Waals surface area contributed by atoms with Gasteiger partial charge in [-0.25, -0.2) is 4.79 Å². The Hall–Kier alpha value is -3.24. The van der Waals surface area contributed by atoms with Gasteiger partial charge in [0.1, 0.15) is 29.7 Å². The molecular formula is C22H24N4O3. The number of aliphatic imine (C=N–C) groups is 1. The minimum atomic E-state index is -0.668. The quantitative estimate of drug-likeness (QED) is 0.839. The van der Waals surface area contributed by atoms with Gasteiger partial charge >= 0.3 is 6.09 Å². The van der Waals surface area contributed by atoms with Crippen LogP contribution in [0.3, 0.4) is 0 Å². The zero-order valence-electron chi connectivity index (χ0n) is 17.0. The van der Waals surface area contributed by atoms with Crippen LogP contribution in [0.15, 0.2) is 47.7 Å². The fraction of sp³-hybridized carbons (Fsp3) is 0.364. The molecule has 7 nitrogen and oxygen atoms in total. The molecule has 0 radical (unpaired) electrons. The number of aromatic nitrogens is 1. The van der Waals surface area contributed by atoms with Gasteiger partial charge < -0.3 is 9.47 Å². The molecule has 7 heteroatoms. The van der Waals surface area contributed by atoms with Gasteiger partial charge in [0, 0.05) is 18.0 Å². The summed E-state index contributed by atoms with van der Waals surface area (Å²) >= 11 is 0. The molecule has 1 aromatic heterocycles. The van der Waals surface area contributed by atoms with E-state index in [2.05, 4.69) is 16.4 Å². The summed E-state index contributed by atoms with van der Waals surface area (Å²) < 4.78 is 11.0. The van der Waals surface area contributed by atoms with Crippen molar-refractivity contribution in [2.75, 3.05) is 13.2 Å². The van der Waals surface area contributed by atoms with Gasteiger partial charge in [0.2, 0.25) is 0 Å². The van der Waals surface area contributed by atoms with Crippen LogP contribution in [0.4, 0.5) is 4.79 Å². The number of amidine groups is 1. The first kappa shape index (κ1) is 20.5. The molecule has 29 heavy (non-hydrogen) atoms.